The van der Waals surface area contributed by atoms with E-state index in [-0.39, 0.29) is 5.78 Å². The van der Waals surface area contributed by atoms with Gasteiger partial charge in [-0.25, -0.2) is 0 Å². The molecule has 0 atom stereocenters. The predicted molar refractivity (Wildman–Crippen MR) is 79.1 cm³/mol. The van der Waals surface area contributed by atoms with Gasteiger partial charge in [-0.05, 0) is 24.3 Å². The van der Waals surface area contributed by atoms with Gasteiger partial charge in [-0.1, -0.05) is 48.9 Å². The zero-order chi connectivity index (χ0) is 13.1. The number of thioether (sulfide) groups is 1. The van der Waals surface area contributed by atoms with E-state index in [0.29, 0.717) is 27.9 Å². The number of carbonyl (C=O) groups excluding carboxylic acids is 1. The summed E-state index contributed by atoms with van der Waals surface area (Å²) in [5.74, 6) is 0.661. The monoisotopic (exact) mass is 302 g/mol. The van der Waals surface area contributed by atoms with Gasteiger partial charge in [0.2, 0.25) is 0 Å². The van der Waals surface area contributed by atoms with Crippen LogP contribution in [-0.2, 0) is 0 Å². The standard InChI is InChI=1S/C14H16Cl2OS/c1-18-12-7-6-10(13(15)14(12)16)11(17)8-9-4-2-3-5-9/h6-7,9H,2-5,8H2,1H3. The summed E-state index contributed by atoms with van der Waals surface area (Å²) in [6, 6.07) is 3.68. The van der Waals surface area contributed by atoms with Crippen molar-refractivity contribution in [2.75, 3.05) is 6.26 Å². The quantitative estimate of drug-likeness (QED) is 0.541. The SMILES string of the molecule is CSc1ccc(C(=O)CC2CCCC2)c(Cl)c1Cl. The molecule has 1 aromatic rings. The van der Waals surface area contributed by atoms with Gasteiger partial charge in [0.15, 0.2) is 5.78 Å². The topological polar surface area (TPSA) is 17.1 Å². The Morgan fingerprint density at radius 2 is 1.94 bits per heavy atom. The molecule has 1 nitrogen and oxygen atoms in total. The van der Waals surface area contributed by atoms with Gasteiger partial charge in [0.1, 0.15) is 0 Å². The van der Waals surface area contributed by atoms with Crippen LogP contribution in [-0.4, -0.2) is 12.0 Å². The molecule has 2 rings (SSSR count). The lowest BCUT2D eigenvalue weighted by Gasteiger charge is -2.11. The lowest BCUT2D eigenvalue weighted by atomic mass is 9.97. The molecule has 0 radical (unpaired) electrons. The summed E-state index contributed by atoms with van der Waals surface area (Å²) in [6.45, 7) is 0. The zero-order valence-corrected chi connectivity index (χ0v) is 12.7. The van der Waals surface area contributed by atoms with Crippen molar-refractivity contribution in [3.05, 3.63) is 27.7 Å². The molecular weight excluding hydrogens is 287 g/mol. The Hall–Kier alpha value is -0.180. The van der Waals surface area contributed by atoms with Crippen molar-refractivity contribution in [3.63, 3.8) is 0 Å². The molecular formula is C14H16Cl2OS. The van der Waals surface area contributed by atoms with Gasteiger partial charge in [-0.2, -0.15) is 0 Å². The molecule has 0 spiro atoms. The molecule has 1 aliphatic carbocycles. The third kappa shape index (κ3) is 3.04. The molecule has 0 heterocycles. The summed E-state index contributed by atoms with van der Waals surface area (Å²) >= 11 is 13.9. The summed E-state index contributed by atoms with van der Waals surface area (Å²) in [4.78, 5) is 13.1. The van der Waals surface area contributed by atoms with Crippen LogP contribution in [0.3, 0.4) is 0 Å². The molecule has 0 unspecified atom stereocenters. The van der Waals surface area contributed by atoms with E-state index >= 15 is 0 Å². The highest BCUT2D eigenvalue weighted by molar-refractivity contribution is 7.98. The van der Waals surface area contributed by atoms with E-state index in [9.17, 15) is 4.79 Å². The maximum absolute atomic E-state index is 12.2. The molecule has 0 bridgehead atoms. The van der Waals surface area contributed by atoms with Crippen molar-refractivity contribution in [2.45, 2.75) is 37.0 Å². The maximum Gasteiger partial charge on any atom is 0.164 e. The number of ketones is 1. The van der Waals surface area contributed by atoms with Crippen LogP contribution in [0.5, 0.6) is 0 Å². The molecule has 1 saturated carbocycles. The first-order chi connectivity index (χ1) is 8.63. The van der Waals surface area contributed by atoms with Gasteiger partial charge in [0.25, 0.3) is 0 Å². The van der Waals surface area contributed by atoms with Crippen molar-refractivity contribution in [2.24, 2.45) is 5.92 Å². The molecule has 0 N–H and O–H groups in total. The number of hydrogen-bond acceptors (Lipinski definition) is 2. The van der Waals surface area contributed by atoms with E-state index in [1.807, 2.05) is 12.3 Å². The molecule has 1 aromatic carbocycles. The van der Waals surface area contributed by atoms with Crippen molar-refractivity contribution in [1.82, 2.24) is 0 Å². The van der Waals surface area contributed by atoms with Crippen LogP contribution >= 0.6 is 35.0 Å². The smallest absolute Gasteiger partial charge is 0.164 e. The molecule has 98 valence electrons. The highest BCUT2D eigenvalue weighted by atomic mass is 35.5. The molecule has 0 aliphatic heterocycles. The minimum absolute atomic E-state index is 0.126. The average molecular weight is 303 g/mol. The lowest BCUT2D eigenvalue weighted by Crippen LogP contribution is -2.06. The fraction of sp³-hybridized carbons (Fsp3) is 0.500. The van der Waals surface area contributed by atoms with E-state index in [0.717, 1.165) is 4.90 Å². The molecule has 0 amide bonds. The normalized spacial score (nSPS) is 16.2. The lowest BCUT2D eigenvalue weighted by molar-refractivity contribution is 0.0962. The Morgan fingerprint density at radius 1 is 1.28 bits per heavy atom. The van der Waals surface area contributed by atoms with E-state index in [1.54, 1.807) is 6.07 Å². The average Bonchev–Trinajstić information content (AvgIpc) is 2.85. The second-order valence-corrected chi connectivity index (χ2v) is 6.33. The molecule has 0 saturated heterocycles. The minimum Gasteiger partial charge on any atom is -0.294 e. The summed E-state index contributed by atoms with van der Waals surface area (Å²) in [5.41, 5.74) is 0.575. The number of rotatable bonds is 4. The first-order valence-electron chi connectivity index (χ1n) is 6.18. The van der Waals surface area contributed by atoms with Crippen molar-refractivity contribution in [3.8, 4) is 0 Å². The minimum atomic E-state index is 0.126. The Morgan fingerprint density at radius 3 is 2.56 bits per heavy atom. The Balaban J connectivity index is 2.17. The number of benzene rings is 1. The van der Waals surface area contributed by atoms with Crippen LogP contribution in [0, 0.1) is 5.92 Å². The van der Waals surface area contributed by atoms with E-state index in [1.165, 1.54) is 37.4 Å². The molecule has 18 heavy (non-hydrogen) atoms. The van der Waals surface area contributed by atoms with Gasteiger partial charge in [-0.15, -0.1) is 11.8 Å². The van der Waals surface area contributed by atoms with Crippen molar-refractivity contribution >= 4 is 40.7 Å². The Kier molecular flexibility index (Phi) is 4.99. The van der Waals surface area contributed by atoms with E-state index < -0.39 is 0 Å². The van der Waals surface area contributed by atoms with Crippen LogP contribution in [0.2, 0.25) is 10.0 Å². The van der Waals surface area contributed by atoms with Crippen LogP contribution in [0.4, 0.5) is 0 Å². The maximum atomic E-state index is 12.2. The predicted octanol–water partition coefficient (Wildman–Crippen LogP) is 5.48. The number of Topliss-reactive ketones (excluding diaryl/α,β-unsaturated/α-hetero) is 1. The van der Waals surface area contributed by atoms with E-state index in [4.69, 9.17) is 23.2 Å². The highest BCUT2D eigenvalue weighted by Crippen LogP contribution is 2.36. The van der Waals surface area contributed by atoms with Crippen molar-refractivity contribution in [1.29, 1.82) is 0 Å². The Labute approximate surface area is 122 Å². The third-order valence-electron chi connectivity index (χ3n) is 3.52. The fourth-order valence-corrected chi connectivity index (χ4v) is 3.70. The van der Waals surface area contributed by atoms with Gasteiger partial charge in [0, 0.05) is 16.9 Å². The largest absolute Gasteiger partial charge is 0.294 e. The fourth-order valence-electron chi connectivity index (χ4n) is 2.49. The Bertz CT molecular complexity index is 453. The zero-order valence-electron chi connectivity index (χ0n) is 10.3. The van der Waals surface area contributed by atoms with Crippen LogP contribution in [0.15, 0.2) is 17.0 Å². The first-order valence-corrected chi connectivity index (χ1v) is 8.16. The molecule has 1 fully saturated rings. The third-order valence-corrected chi connectivity index (χ3v) is 5.29. The number of hydrogen-bond donors (Lipinski definition) is 0. The number of halogens is 2. The van der Waals surface area contributed by atoms with Gasteiger partial charge in [-0.3, -0.25) is 4.79 Å². The van der Waals surface area contributed by atoms with Crippen LogP contribution in [0.1, 0.15) is 42.5 Å². The summed E-state index contributed by atoms with van der Waals surface area (Å²) in [5, 5.41) is 0.910. The van der Waals surface area contributed by atoms with Crippen LogP contribution < -0.4 is 0 Å². The first kappa shape index (κ1) is 14.2. The van der Waals surface area contributed by atoms with Gasteiger partial charge < -0.3 is 0 Å². The summed E-state index contributed by atoms with van der Waals surface area (Å²) in [6.07, 6.45) is 7.38. The van der Waals surface area contributed by atoms with Gasteiger partial charge in [0.05, 0.1) is 10.0 Å². The van der Waals surface area contributed by atoms with Crippen molar-refractivity contribution < 1.29 is 4.79 Å². The number of carbonyl (C=O) groups is 1. The highest BCUT2D eigenvalue weighted by Gasteiger charge is 2.22. The summed E-state index contributed by atoms with van der Waals surface area (Å²) in [7, 11) is 0. The van der Waals surface area contributed by atoms with Crippen LogP contribution in [0.25, 0.3) is 0 Å². The molecule has 0 aromatic heterocycles. The molecule has 4 heteroatoms. The summed E-state index contributed by atoms with van der Waals surface area (Å²) < 4.78 is 0. The second-order valence-electron chi connectivity index (χ2n) is 4.72. The van der Waals surface area contributed by atoms with Gasteiger partial charge >= 0.3 is 0 Å². The molecule has 1 aliphatic rings. The second kappa shape index (κ2) is 6.31. The van der Waals surface area contributed by atoms with E-state index in [2.05, 4.69) is 0 Å².